The first-order valence-electron chi connectivity index (χ1n) is 8.19. The fraction of sp³-hybridized carbons (Fsp3) is 1.00. The first-order chi connectivity index (χ1) is 8.47. The third-order valence-electron chi connectivity index (χ3n) is 8.44. The smallest absolute Gasteiger partial charge is 0.0276 e. The first kappa shape index (κ1) is 10.7. The van der Waals surface area contributed by atoms with E-state index in [0.717, 1.165) is 21.7 Å². The predicted octanol–water partition coefficient (Wildman–Crippen LogP) is 3.83. The molecular formula is C17H27N. The van der Waals surface area contributed by atoms with Crippen LogP contribution in [-0.2, 0) is 0 Å². The summed E-state index contributed by atoms with van der Waals surface area (Å²) in [5.74, 6) is 0. The van der Waals surface area contributed by atoms with Crippen LogP contribution in [0.5, 0.6) is 0 Å². The molecule has 0 atom stereocenters. The molecule has 1 nitrogen and oxygen atoms in total. The Hall–Kier alpha value is -0.0400. The van der Waals surface area contributed by atoms with Gasteiger partial charge in [0, 0.05) is 5.54 Å². The summed E-state index contributed by atoms with van der Waals surface area (Å²) in [6.07, 6.45) is 12.6. The average Bonchev–Trinajstić information content (AvgIpc) is 3.06. The van der Waals surface area contributed by atoms with Crippen molar-refractivity contribution < 1.29 is 0 Å². The van der Waals surface area contributed by atoms with E-state index >= 15 is 0 Å². The Morgan fingerprint density at radius 1 is 0.944 bits per heavy atom. The number of fused-ring (bicyclic) bond motifs is 2. The van der Waals surface area contributed by atoms with Crippen LogP contribution in [0.1, 0.15) is 65.2 Å². The third kappa shape index (κ3) is 0.901. The summed E-state index contributed by atoms with van der Waals surface area (Å²) in [6.45, 7) is 6.11. The van der Waals surface area contributed by atoms with E-state index in [4.69, 9.17) is 0 Å². The van der Waals surface area contributed by atoms with Crippen LogP contribution in [0.3, 0.4) is 0 Å². The van der Waals surface area contributed by atoms with Crippen molar-refractivity contribution in [1.82, 2.24) is 4.90 Å². The summed E-state index contributed by atoms with van der Waals surface area (Å²) in [5, 5.41) is 0. The van der Waals surface area contributed by atoms with Crippen LogP contribution in [0.2, 0.25) is 0 Å². The molecule has 100 valence electrons. The van der Waals surface area contributed by atoms with E-state index in [1.807, 2.05) is 0 Å². The summed E-state index contributed by atoms with van der Waals surface area (Å²) >= 11 is 0. The molecule has 5 rings (SSSR count). The molecule has 0 N–H and O–H groups in total. The van der Waals surface area contributed by atoms with E-state index in [9.17, 15) is 0 Å². The van der Waals surface area contributed by atoms with Gasteiger partial charge in [0.2, 0.25) is 0 Å². The zero-order valence-electron chi connectivity index (χ0n) is 12.3. The van der Waals surface area contributed by atoms with Crippen LogP contribution in [0.25, 0.3) is 0 Å². The molecule has 0 radical (unpaired) electrons. The number of hydrogen-bond donors (Lipinski definition) is 0. The van der Waals surface area contributed by atoms with Crippen molar-refractivity contribution in [2.45, 2.75) is 70.8 Å². The van der Waals surface area contributed by atoms with E-state index in [1.165, 1.54) is 19.4 Å². The summed E-state index contributed by atoms with van der Waals surface area (Å²) in [7, 11) is 2.35. The van der Waals surface area contributed by atoms with E-state index in [1.54, 1.807) is 38.5 Å². The third-order valence-corrected chi connectivity index (χ3v) is 8.44. The fourth-order valence-electron chi connectivity index (χ4n) is 6.17. The monoisotopic (exact) mass is 245 g/mol. The highest BCUT2D eigenvalue weighted by Gasteiger charge is 2.89. The molecule has 0 aromatic heterocycles. The summed E-state index contributed by atoms with van der Waals surface area (Å²) in [4.78, 5) is 2.64. The Morgan fingerprint density at radius 3 is 1.94 bits per heavy atom. The highest BCUT2D eigenvalue weighted by Crippen LogP contribution is 2.97. The molecule has 5 aliphatic rings. The van der Waals surface area contributed by atoms with Gasteiger partial charge in [-0.05, 0) is 86.6 Å². The largest absolute Gasteiger partial charge is 0.300 e. The Morgan fingerprint density at radius 2 is 1.50 bits per heavy atom. The highest BCUT2D eigenvalue weighted by molar-refractivity contribution is 5.40. The standard InChI is InChI=1S/C17H27N/c1-4-18(3)17-11-15(17,12-17)8-7-14(5-6-14)16-9-13(16,2)10-16/h4-12H2,1-3H3. The molecule has 0 saturated heterocycles. The number of rotatable bonds is 6. The Bertz CT molecular complexity index is 433. The molecule has 0 aliphatic heterocycles. The normalized spacial score (nSPS) is 60.0. The molecule has 0 unspecified atom stereocenters. The van der Waals surface area contributed by atoms with Gasteiger partial charge in [-0.1, -0.05) is 13.8 Å². The summed E-state index contributed by atoms with van der Waals surface area (Å²) in [5.41, 5.74) is 4.10. The van der Waals surface area contributed by atoms with Crippen LogP contribution in [0.15, 0.2) is 0 Å². The van der Waals surface area contributed by atoms with Crippen molar-refractivity contribution in [2.75, 3.05) is 13.6 Å². The Labute approximate surface area is 111 Å². The molecule has 0 aromatic carbocycles. The van der Waals surface area contributed by atoms with Gasteiger partial charge in [0.05, 0.1) is 0 Å². The molecule has 5 aliphatic carbocycles. The zero-order chi connectivity index (χ0) is 12.4. The molecule has 5 fully saturated rings. The molecule has 0 aromatic rings. The van der Waals surface area contributed by atoms with E-state index < -0.39 is 0 Å². The Balaban J connectivity index is 1.25. The fourth-order valence-corrected chi connectivity index (χ4v) is 6.17. The lowest BCUT2D eigenvalue weighted by Crippen LogP contribution is -2.26. The molecule has 5 saturated carbocycles. The van der Waals surface area contributed by atoms with Crippen LogP contribution in [0, 0.1) is 21.7 Å². The van der Waals surface area contributed by atoms with Gasteiger partial charge in [-0.25, -0.2) is 0 Å². The van der Waals surface area contributed by atoms with Crippen LogP contribution >= 0.6 is 0 Å². The number of nitrogens with zero attached hydrogens (tertiary/aromatic N) is 1. The van der Waals surface area contributed by atoms with Crippen LogP contribution < -0.4 is 0 Å². The quantitative estimate of drug-likeness (QED) is 0.687. The second-order valence-electron chi connectivity index (χ2n) is 8.96. The van der Waals surface area contributed by atoms with Crippen LogP contribution in [0.4, 0.5) is 0 Å². The van der Waals surface area contributed by atoms with Gasteiger partial charge >= 0.3 is 0 Å². The molecule has 1 heteroatoms. The van der Waals surface area contributed by atoms with E-state index in [2.05, 4.69) is 25.8 Å². The second-order valence-corrected chi connectivity index (χ2v) is 8.96. The van der Waals surface area contributed by atoms with Crippen molar-refractivity contribution >= 4 is 0 Å². The average molecular weight is 245 g/mol. The van der Waals surface area contributed by atoms with Gasteiger partial charge in [0.1, 0.15) is 0 Å². The predicted molar refractivity (Wildman–Crippen MR) is 73.4 cm³/mol. The zero-order valence-corrected chi connectivity index (χ0v) is 12.3. The molecule has 0 spiro atoms. The van der Waals surface area contributed by atoms with Crippen molar-refractivity contribution in [2.24, 2.45) is 21.7 Å². The summed E-state index contributed by atoms with van der Waals surface area (Å²) < 4.78 is 0. The first-order valence-corrected chi connectivity index (χ1v) is 8.19. The highest BCUT2D eigenvalue weighted by atomic mass is 15.3. The lowest BCUT2D eigenvalue weighted by molar-refractivity contribution is 0.282. The van der Waals surface area contributed by atoms with E-state index in [-0.39, 0.29) is 0 Å². The second kappa shape index (κ2) is 2.45. The van der Waals surface area contributed by atoms with Gasteiger partial charge < -0.3 is 4.90 Å². The van der Waals surface area contributed by atoms with Crippen molar-refractivity contribution in [3.05, 3.63) is 0 Å². The van der Waals surface area contributed by atoms with Gasteiger partial charge in [0.25, 0.3) is 0 Å². The number of hydrogen-bond acceptors (Lipinski definition) is 1. The lowest BCUT2D eigenvalue weighted by Gasteiger charge is -2.19. The molecule has 0 amide bonds. The topological polar surface area (TPSA) is 3.24 Å². The van der Waals surface area contributed by atoms with E-state index in [0.29, 0.717) is 5.54 Å². The minimum atomic E-state index is 0.700. The maximum atomic E-state index is 2.64. The SMILES string of the molecule is CCN(C)C12CC1(CCC1(C34CC3(C)C4)CC1)C2. The molecule has 0 bridgehead atoms. The van der Waals surface area contributed by atoms with Gasteiger partial charge in [-0.15, -0.1) is 0 Å². The maximum Gasteiger partial charge on any atom is 0.0276 e. The molecular weight excluding hydrogens is 218 g/mol. The molecule has 18 heavy (non-hydrogen) atoms. The van der Waals surface area contributed by atoms with Gasteiger partial charge in [-0.2, -0.15) is 0 Å². The minimum Gasteiger partial charge on any atom is -0.300 e. The lowest BCUT2D eigenvalue weighted by atomic mass is 9.85. The molecule has 0 heterocycles. The summed E-state index contributed by atoms with van der Waals surface area (Å²) in [6, 6.07) is 0. The van der Waals surface area contributed by atoms with Crippen LogP contribution in [-0.4, -0.2) is 24.0 Å². The Kier molecular flexibility index (Phi) is 1.46. The maximum absolute atomic E-state index is 2.64. The van der Waals surface area contributed by atoms with Crippen molar-refractivity contribution in [3.63, 3.8) is 0 Å². The van der Waals surface area contributed by atoms with Crippen molar-refractivity contribution in [1.29, 1.82) is 0 Å². The van der Waals surface area contributed by atoms with Gasteiger partial charge in [-0.3, -0.25) is 0 Å². The minimum absolute atomic E-state index is 0.700. The van der Waals surface area contributed by atoms with Gasteiger partial charge in [0.15, 0.2) is 0 Å². The van der Waals surface area contributed by atoms with Crippen molar-refractivity contribution in [3.8, 4) is 0 Å².